The molecule has 32 heavy (non-hydrogen) atoms. The first-order chi connectivity index (χ1) is 15.4. The van der Waals surface area contributed by atoms with E-state index in [0.29, 0.717) is 30.4 Å². The average Bonchev–Trinajstić information content (AvgIpc) is 3.30. The molecule has 8 heteroatoms. The van der Waals surface area contributed by atoms with Gasteiger partial charge < -0.3 is 14.0 Å². The Balaban J connectivity index is 1.93. The second-order valence-electron chi connectivity index (χ2n) is 7.76. The fourth-order valence-electron chi connectivity index (χ4n) is 4.29. The summed E-state index contributed by atoms with van der Waals surface area (Å²) in [6.45, 7) is -2.68. The highest BCUT2D eigenvalue weighted by atomic mass is 19.3. The SMILES string of the molecule is COCC#Cc1ccc2nc3n(c2c1)[C@@H](c1c(C=O)cccc1OC(F)F)CC3N(C)C. The van der Waals surface area contributed by atoms with Crippen LogP contribution in [0.3, 0.4) is 0 Å². The van der Waals surface area contributed by atoms with E-state index < -0.39 is 12.7 Å². The van der Waals surface area contributed by atoms with Crippen molar-refractivity contribution < 1.29 is 23.0 Å². The van der Waals surface area contributed by atoms with Gasteiger partial charge in [-0.05, 0) is 44.8 Å². The minimum absolute atomic E-state index is 0.00199. The zero-order chi connectivity index (χ0) is 22.8. The van der Waals surface area contributed by atoms with E-state index in [1.807, 2.05) is 41.8 Å². The molecular weight excluding hydrogens is 416 g/mol. The fraction of sp³-hybridized carbons (Fsp3) is 0.333. The largest absolute Gasteiger partial charge is 0.434 e. The summed E-state index contributed by atoms with van der Waals surface area (Å²) in [5.41, 5.74) is 3.13. The minimum Gasteiger partial charge on any atom is -0.434 e. The van der Waals surface area contributed by atoms with E-state index in [0.717, 1.165) is 22.4 Å². The lowest BCUT2D eigenvalue weighted by molar-refractivity contribution is -0.0507. The Morgan fingerprint density at radius 1 is 1.31 bits per heavy atom. The van der Waals surface area contributed by atoms with Gasteiger partial charge >= 0.3 is 6.61 Å². The Morgan fingerprint density at radius 3 is 2.81 bits per heavy atom. The van der Waals surface area contributed by atoms with Crippen molar-refractivity contribution in [1.29, 1.82) is 0 Å². The van der Waals surface area contributed by atoms with E-state index in [2.05, 4.69) is 11.8 Å². The molecule has 6 nitrogen and oxygen atoms in total. The summed E-state index contributed by atoms with van der Waals surface area (Å²) in [4.78, 5) is 18.7. The van der Waals surface area contributed by atoms with E-state index >= 15 is 0 Å². The molecule has 2 atom stereocenters. The Hall–Kier alpha value is -3.28. The third-order valence-electron chi connectivity index (χ3n) is 5.62. The number of aromatic nitrogens is 2. The molecule has 2 aromatic carbocycles. The highest BCUT2D eigenvalue weighted by molar-refractivity contribution is 5.82. The van der Waals surface area contributed by atoms with Crippen LogP contribution in [0.25, 0.3) is 11.0 Å². The van der Waals surface area contributed by atoms with Crippen LogP contribution in [-0.2, 0) is 4.74 Å². The highest BCUT2D eigenvalue weighted by Gasteiger charge is 2.38. The van der Waals surface area contributed by atoms with Gasteiger partial charge in [-0.15, -0.1) is 0 Å². The number of hydrogen-bond donors (Lipinski definition) is 0. The summed E-state index contributed by atoms with van der Waals surface area (Å²) in [6.07, 6.45) is 1.24. The third kappa shape index (κ3) is 3.97. The predicted octanol–water partition coefficient (Wildman–Crippen LogP) is 4.04. The molecule has 0 saturated carbocycles. The van der Waals surface area contributed by atoms with Gasteiger partial charge in [0.25, 0.3) is 0 Å². The Labute approximate surface area is 184 Å². The lowest BCUT2D eigenvalue weighted by atomic mass is 9.96. The lowest BCUT2D eigenvalue weighted by Crippen LogP contribution is -2.18. The van der Waals surface area contributed by atoms with Crippen LogP contribution in [0.15, 0.2) is 36.4 Å². The molecule has 3 aromatic rings. The quantitative estimate of drug-likeness (QED) is 0.429. The number of halogens is 2. The topological polar surface area (TPSA) is 56.6 Å². The van der Waals surface area contributed by atoms with Crippen LogP contribution in [-0.4, -0.2) is 55.2 Å². The van der Waals surface area contributed by atoms with E-state index in [9.17, 15) is 13.6 Å². The molecular formula is C24H23F2N3O3. The monoisotopic (exact) mass is 439 g/mol. The van der Waals surface area contributed by atoms with Crippen LogP contribution < -0.4 is 4.74 Å². The molecule has 0 saturated heterocycles. The van der Waals surface area contributed by atoms with Gasteiger partial charge in [-0.1, -0.05) is 24.0 Å². The number of ether oxygens (including phenoxy) is 2. The molecule has 166 valence electrons. The van der Waals surface area contributed by atoms with Crippen LogP contribution in [0.2, 0.25) is 0 Å². The summed E-state index contributed by atoms with van der Waals surface area (Å²) >= 11 is 0. The second kappa shape index (κ2) is 9.07. The van der Waals surface area contributed by atoms with Gasteiger partial charge in [-0.25, -0.2) is 4.98 Å². The van der Waals surface area contributed by atoms with Crippen molar-refractivity contribution in [3.8, 4) is 17.6 Å². The van der Waals surface area contributed by atoms with Gasteiger partial charge in [0.1, 0.15) is 18.2 Å². The summed E-state index contributed by atoms with van der Waals surface area (Å²) in [5.74, 6) is 6.80. The number of carbonyl (C=O) groups excluding carboxylic acids is 1. The molecule has 1 aliphatic heterocycles. The molecule has 0 fully saturated rings. The van der Waals surface area contributed by atoms with Gasteiger partial charge in [0, 0.05) is 23.8 Å². The van der Waals surface area contributed by atoms with Crippen molar-refractivity contribution in [3.05, 3.63) is 58.9 Å². The minimum atomic E-state index is -3.00. The number of benzene rings is 2. The number of carbonyl (C=O) groups is 1. The number of hydrogen-bond acceptors (Lipinski definition) is 5. The summed E-state index contributed by atoms with van der Waals surface area (Å²) in [5, 5.41) is 0. The third-order valence-corrected chi connectivity index (χ3v) is 5.62. The van der Waals surface area contributed by atoms with E-state index in [1.54, 1.807) is 19.2 Å². The molecule has 1 unspecified atom stereocenters. The molecule has 0 bridgehead atoms. The van der Waals surface area contributed by atoms with Crippen LogP contribution in [0, 0.1) is 11.8 Å². The Kier molecular flexibility index (Phi) is 6.21. The number of nitrogens with zero attached hydrogens (tertiary/aromatic N) is 3. The standard InChI is InChI=1S/C24H23F2N3O3/c1-28(2)20-13-19(22-16(14-30)7-4-8-21(22)32-24(25)26)29-18-12-15(6-5-11-31-3)9-10-17(18)27-23(20)29/h4,7-10,12,14,19-20,24H,11,13H2,1-3H3/t19-,20?/m1/s1. The fourth-order valence-corrected chi connectivity index (χ4v) is 4.29. The van der Waals surface area contributed by atoms with E-state index in [-0.39, 0.29) is 11.8 Å². The first-order valence-corrected chi connectivity index (χ1v) is 10.1. The van der Waals surface area contributed by atoms with Crippen molar-refractivity contribution in [1.82, 2.24) is 14.5 Å². The molecule has 0 N–H and O–H groups in total. The normalized spacial score (nSPS) is 17.5. The summed E-state index contributed by atoms with van der Waals surface area (Å²) < 4.78 is 38.1. The van der Waals surface area contributed by atoms with Gasteiger partial charge in [-0.3, -0.25) is 9.69 Å². The van der Waals surface area contributed by atoms with Gasteiger partial charge in [0.05, 0.1) is 23.1 Å². The average molecular weight is 439 g/mol. The van der Waals surface area contributed by atoms with Crippen molar-refractivity contribution in [3.63, 3.8) is 0 Å². The second-order valence-corrected chi connectivity index (χ2v) is 7.76. The number of imidazole rings is 1. The summed E-state index contributed by atoms with van der Waals surface area (Å²) in [6, 6.07) is 9.87. The Morgan fingerprint density at radius 2 is 2.12 bits per heavy atom. The number of fused-ring (bicyclic) bond motifs is 3. The number of alkyl halides is 2. The molecule has 4 rings (SSSR count). The van der Waals surface area contributed by atoms with Crippen LogP contribution in [0.5, 0.6) is 5.75 Å². The van der Waals surface area contributed by atoms with E-state index in [4.69, 9.17) is 14.5 Å². The van der Waals surface area contributed by atoms with Crippen molar-refractivity contribution in [2.45, 2.75) is 25.1 Å². The Bertz CT molecular complexity index is 1210. The zero-order valence-electron chi connectivity index (χ0n) is 18.0. The smallest absolute Gasteiger partial charge is 0.387 e. The van der Waals surface area contributed by atoms with Gasteiger partial charge in [0.15, 0.2) is 6.29 Å². The van der Waals surface area contributed by atoms with Crippen LogP contribution in [0.1, 0.15) is 45.8 Å². The summed E-state index contributed by atoms with van der Waals surface area (Å²) in [7, 11) is 5.47. The molecule has 2 heterocycles. The molecule has 0 aliphatic carbocycles. The highest BCUT2D eigenvalue weighted by Crippen LogP contribution is 2.46. The maximum atomic E-state index is 13.2. The molecule has 1 aromatic heterocycles. The number of rotatable bonds is 6. The first-order valence-electron chi connectivity index (χ1n) is 10.1. The van der Waals surface area contributed by atoms with Crippen molar-refractivity contribution in [2.75, 3.05) is 27.8 Å². The van der Waals surface area contributed by atoms with Gasteiger partial charge in [0.2, 0.25) is 0 Å². The number of aldehydes is 1. The maximum absolute atomic E-state index is 13.2. The van der Waals surface area contributed by atoms with Gasteiger partial charge in [-0.2, -0.15) is 8.78 Å². The molecule has 1 aliphatic rings. The molecule has 0 amide bonds. The lowest BCUT2D eigenvalue weighted by Gasteiger charge is -2.22. The van der Waals surface area contributed by atoms with E-state index in [1.165, 1.54) is 6.07 Å². The molecule has 0 radical (unpaired) electrons. The molecule has 0 spiro atoms. The predicted molar refractivity (Wildman–Crippen MR) is 116 cm³/mol. The van der Waals surface area contributed by atoms with Crippen LogP contribution >= 0.6 is 0 Å². The van der Waals surface area contributed by atoms with Crippen LogP contribution in [0.4, 0.5) is 8.78 Å². The maximum Gasteiger partial charge on any atom is 0.387 e. The first kappa shape index (κ1) is 21.9. The van der Waals surface area contributed by atoms with Crippen molar-refractivity contribution in [2.24, 2.45) is 0 Å². The van der Waals surface area contributed by atoms with Crippen molar-refractivity contribution >= 4 is 17.3 Å². The zero-order valence-corrected chi connectivity index (χ0v) is 18.0. The number of methoxy groups -OCH3 is 1.